The molecule has 1 aromatic carbocycles. The maximum absolute atomic E-state index is 13.0. The number of carbonyl (C=O) groups is 1. The lowest BCUT2D eigenvalue weighted by Crippen LogP contribution is -2.43. The molecule has 3 aliphatic heterocycles. The summed E-state index contributed by atoms with van der Waals surface area (Å²) < 4.78 is 23.4. The number of likely N-dealkylation sites (tertiary alicyclic amines) is 1. The predicted octanol–water partition coefficient (Wildman–Crippen LogP) is 4.44. The van der Waals surface area contributed by atoms with E-state index < -0.39 is 5.60 Å². The molecule has 1 aromatic rings. The molecule has 4 rings (SSSR count). The Hall–Kier alpha value is -2.16. The summed E-state index contributed by atoms with van der Waals surface area (Å²) >= 11 is 0. The number of rotatable bonds is 5. The summed E-state index contributed by atoms with van der Waals surface area (Å²) in [4.78, 5) is 19.5. The third kappa shape index (κ3) is 5.50. The molecule has 0 N–H and O–H groups in total. The summed E-state index contributed by atoms with van der Waals surface area (Å²) in [5.74, 6) is 0.267. The monoisotopic (exact) mass is 482 g/mol. The molecular weight excluding hydrogens is 443 g/mol. The van der Waals surface area contributed by atoms with Crippen LogP contribution in [-0.4, -0.2) is 66.9 Å². The summed E-state index contributed by atoms with van der Waals surface area (Å²) in [7, 11) is 1.32. The van der Waals surface area contributed by atoms with E-state index in [0.29, 0.717) is 19.6 Å². The lowest BCUT2D eigenvalue weighted by Gasteiger charge is -2.32. The van der Waals surface area contributed by atoms with Crippen molar-refractivity contribution < 1.29 is 23.6 Å². The molecule has 0 bridgehead atoms. The normalized spacial score (nSPS) is 25.6. The summed E-state index contributed by atoms with van der Waals surface area (Å²) in [6.45, 7) is 15.1. The van der Waals surface area contributed by atoms with Crippen LogP contribution in [0.4, 0.5) is 4.79 Å². The second-order valence-electron chi connectivity index (χ2n) is 11.9. The van der Waals surface area contributed by atoms with E-state index in [-0.39, 0.29) is 36.4 Å². The van der Waals surface area contributed by atoms with Crippen LogP contribution in [0.1, 0.15) is 66.9 Å². The Kier molecular flexibility index (Phi) is 6.94. The first-order valence-corrected chi connectivity index (χ1v) is 12.5. The minimum absolute atomic E-state index is 0.0808. The van der Waals surface area contributed by atoms with E-state index in [9.17, 15) is 4.79 Å². The van der Waals surface area contributed by atoms with Gasteiger partial charge in [0.2, 0.25) is 0 Å². The molecule has 2 saturated heterocycles. The summed E-state index contributed by atoms with van der Waals surface area (Å²) in [5.41, 5.74) is 2.98. The third-order valence-corrected chi connectivity index (χ3v) is 7.37. The van der Waals surface area contributed by atoms with Crippen LogP contribution in [0.2, 0.25) is 0 Å². The van der Waals surface area contributed by atoms with Crippen molar-refractivity contribution in [3.8, 4) is 0 Å². The fourth-order valence-electron chi connectivity index (χ4n) is 4.78. The standard InChI is InChI=1S/C27H39BN2O5/c1-25(2,3)33-24(31)30-16-18(17-32-8)13-23(30)22-14-20(15-29-22)19-9-11-21(12-10-19)28-34-26(4,5)27(6,7)35-28/h9-12,15,18,23H,13-14,16-17H2,1-8H3/t18-,23+/m0/s1. The fourth-order valence-corrected chi connectivity index (χ4v) is 4.78. The van der Waals surface area contributed by atoms with Crippen molar-refractivity contribution in [1.82, 2.24) is 4.90 Å². The molecule has 0 aliphatic carbocycles. The highest BCUT2D eigenvalue weighted by Crippen LogP contribution is 2.37. The van der Waals surface area contributed by atoms with Crippen LogP contribution in [0.5, 0.6) is 0 Å². The van der Waals surface area contributed by atoms with Gasteiger partial charge in [-0.3, -0.25) is 9.89 Å². The lowest BCUT2D eigenvalue weighted by atomic mass is 9.78. The molecule has 190 valence electrons. The molecule has 8 heteroatoms. The van der Waals surface area contributed by atoms with Gasteiger partial charge >= 0.3 is 13.2 Å². The Labute approximate surface area is 210 Å². The second kappa shape index (κ2) is 9.38. The smallest absolute Gasteiger partial charge is 0.444 e. The van der Waals surface area contributed by atoms with Gasteiger partial charge in [-0.2, -0.15) is 0 Å². The summed E-state index contributed by atoms with van der Waals surface area (Å²) in [6.07, 6.45) is 3.17. The molecule has 35 heavy (non-hydrogen) atoms. The Morgan fingerprint density at radius 3 is 2.34 bits per heavy atom. The van der Waals surface area contributed by atoms with Gasteiger partial charge in [0.25, 0.3) is 0 Å². The van der Waals surface area contributed by atoms with E-state index in [2.05, 4.69) is 52.0 Å². The van der Waals surface area contributed by atoms with Gasteiger partial charge < -0.3 is 18.8 Å². The highest BCUT2D eigenvalue weighted by molar-refractivity contribution is 6.62. The van der Waals surface area contributed by atoms with E-state index in [1.54, 1.807) is 7.11 Å². The quantitative estimate of drug-likeness (QED) is 0.581. The van der Waals surface area contributed by atoms with Gasteiger partial charge in [-0.15, -0.1) is 0 Å². The zero-order chi connectivity index (χ0) is 25.6. The molecule has 2 fully saturated rings. The average Bonchev–Trinajstić information content (AvgIpc) is 3.44. The van der Waals surface area contributed by atoms with Crippen LogP contribution < -0.4 is 5.46 Å². The van der Waals surface area contributed by atoms with Crippen molar-refractivity contribution in [3.05, 3.63) is 36.0 Å². The number of ether oxygens (including phenoxy) is 2. The molecule has 0 aromatic heterocycles. The SMILES string of the molecule is COC[C@H]1C[C@H](C2=NC=C(c3ccc(B4OC(C)(C)C(C)(C)O4)cc3)C2)N(C(=O)OC(C)(C)C)C1. The largest absolute Gasteiger partial charge is 0.494 e. The summed E-state index contributed by atoms with van der Waals surface area (Å²) in [6, 6.07) is 8.24. The van der Waals surface area contributed by atoms with Crippen molar-refractivity contribution in [2.24, 2.45) is 10.9 Å². The van der Waals surface area contributed by atoms with Gasteiger partial charge in [-0.05, 0) is 71.5 Å². The topological polar surface area (TPSA) is 69.6 Å². The van der Waals surface area contributed by atoms with E-state index in [1.807, 2.05) is 31.9 Å². The predicted molar refractivity (Wildman–Crippen MR) is 139 cm³/mol. The molecule has 2 atom stereocenters. The molecule has 0 spiro atoms. The fraction of sp³-hybridized carbons (Fsp3) is 0.630. The molecule has 0 unspecified atom stereocenters. The second-order valence-corrected chi connectivity index (χ2v) is 11.9. The minimum Gasteiger partial charge on any atom is -0.444 e. The number of hydrogen-bond donors (Lipinski definition) is 0. The number of amides is 1. The molecule has 1 amide bonds. The van der Waals surface area contributed by atoms with Crippen molar-refractivity contribution in [1.29, 1.82) is 0 Å². The first-order valence-electron chi connectivity index (χ1n) is 12.5. The van der Waals surface area contributed by atoms with E-state index in [1.165, 1.54) is 0 Å². The average molecular weight is 482 g/mol. The van der Waals surface area contributed by atoms with Crippen molar-refractivity contribution in [3.63, 3.8) is 0 Å². The van der Waals surface area contributed by atoms with E-state index >= 15 is 0 Å². The first kappa shape index (κ1) is 25.9. The number of hydrogen-bond acceptors (Lipinski definition) is 6. The lowest BCUT2D eigenvalue weighted by molar-refractivity contribution is 0.00578. The van der Waals surface area contributed by atoms with Gasteiger partial charge in [-0.1, -0.05) is 24.3 Å². The van der Waals surface area contributed by atoms with Crippen LogP contribution in [0.25, 0.3) is 5.57 Å². The van der Waals surface area contributed by atoms with Crippen molar-refractivity contribution >= 4 is 30.0 Å². The Morgan fingerprint density at radius 1 is 1.14 bits per heavy atom. The molecule has 0 radical (unpaired) electrons. The first-order chi connectivity index (χ1) is 16.3. The summed E-state index contributed by atoms with van der Waals surface area (Å²) in [5, 5.41) is 0. The van der Waals surface area contributed by atoms with E-state index in [4.69, 9.17) is 23.8 Å². The van der Waals surface area contributed by atoms with Gasteiger partial charge in [0.05, 0.1) is 23.9 Å². The number of allylic oxidation sites excluding steroid dienone is 1. The zero-order valence-corrected chi connectivity index (χ0v) is 22.4. The molecule has 0 saturated carbocycles. The highest BCUT2D eigenvalue weighted by Gasteiger charge is 2.51. The minimum atomic E-state index is -0.541. The van der Waals surface area contributed by atoms with Gasteiger partial charge in [0.15, 0.2) is 0 Å². The maximum Gasteiger partial charge on any atom is 0.494 e. The number of carbonyl (C=O) groups excluding carboxylic acids is 1. The van der Waals surface area contributed by atoms with Crippen LogP contribution in [-0.2, 0) is 18.8 Å². The third-order valence-electron chi connectivity index (χ3n) is 7.37. The van der Waals surface area contributed by atoms with Crippen LogP contribution in [0.15, 0.2) is 35.5 Å². The molecule has 7 nitrogen and oxygen atoms in total. The Balaban J connectivity index is 1.43. The number of aliphatic imine (C=N–C) groups is 1. The number of nitrogens with zero attached hydrogens (tertiary/aromatic N) is 2. The van der Waals surface area contributed by atoms with Crippen LogP contribution >= 0.6 is 0 Å². The Morgan fingerprint density at radius 2 is 1.77 bits per heavy atom. The van der Waals surface area contributed by atoms with Crippen LogP contribution in [0.3, 0.4) is 0 Å². The van der Waals surface area contributed by atoms with Crippen molar-refractivity contribution in [2.45, 2.75) is 84.2 Å². The number of benzene rings is 1. The highest BCUT2D eigenvalue weighted by atomic mass is 16.7. The number of methoxy groups -OCH3 is 1. The zero-order valence-electron chi connectivity index (χ0n) is 22.4. The Bertz CT molecular complexity index is 993. The van der Waals surface area contributed by atoms with Gasteiger partial charge in [-0.25, -0.2) is 4.79 Å². The van der Waals surface area contributed by atoms with Crippen molar-refractivity contribution in [2.75, 3.05) is 20.3 Å². The molecular formula is C27H39BN2O5. The molecule has 3 heterocycles. The maximum atomic E-state index is 13.0. The van der Waals surface area contributed by atoms with Gasteiger partial charge in [0.1, 0.15) is 5.60 Å². The van der Waals surface area contributed by atoms with Crippen LogP contribution in [0, 0.1) is 5.92 Å². The van der Waals surface area contributed by atoms with E-state index in [0.717, 1.165) is 28.7 Å². The molecule has 3 aliphatic rings. The van der Waals surface area contributed by atoms with Gasteiger partial charge in [0, 0.05) is 37.9 Å².